The van der Waals surface area contributed by atoms with E-state index in [1.807, 2.05) is 0 Å². The Morgan fingerprint density at radius 1 is 1.07 bits per heavy atom. The molecule has 0 heterocycles. The predicted octanol–water partition coefficient (Wildman–Crippen LogP) is 3.94. The molecule has 0 aromatic heterocycles. The standard InChI is InChI=1S/C20H23FN2O3S/c1-14-7-2-4-11-18(14)22-20(24)15-8-6-9-16(13-15)27(25,26)23-19-12-5-3-10-17(19)21/h3,5-6,8-10,12-14,18,23H,2,4,7,11H2,1H3,(H,22,24)/t14-,18-/m1/s1. The van der Waals surface area contributed by atoms with Crippen LogP contribution in [-0.2, 0) is 10.0 Å². The number of benzene rings is 2. The topological polar surface area (TPSA) is 75.3 Å². The molecule has 7 heteroatoms. The van der Waals surface area contributed by atoms with Gasteiger partial charge in [0.05, 0.1) is 10.6 Å². The lowest BCUT2D eigenvalue weighted by atomic mass is 9.86. The number of nitrogens with one attached hydrogen (secondary N) is 2. The van der Waals surface area contributed by atoms with Crippen molar-refractivity contribution >= 4 is 21.6 Å². The van der Waals surface area contributed by atoms with E-state index in [0.29, 0.717) is 5.92 Å². The monoisotopic (exact) mass is 390 g/mol. The Bertz CT molecular complexity index is 930. The molecule has 0 spiro atoms. The summed E-state index contributed by atoms with van der Waals surface area (Å²) in [4.78, 5) is 12.5. The second-order valence-electron chi connectivity index (χ2n) is 6.95. The number of para-hydroxylation sites is 1. The highest BCUT2D eigenvalue weighted by atomic mass is 32.2. The van der Waals surface area contributed by atoms with Crippen LogP contribution in [-0.4, -0.2) is 20.4 Å². The Kier molecular flexibility index (Phi) is 5.79. The fourth-order valence-corrected chi connectivity index (χ4v) is 4.45. The Labute approximate surface area is 159 Å². The van der Waals surface area contributed by atoms with Gasteiger partial charge in [-0.3, -0.25) is 9.52 Å². The first-order valence-corrected chi connectivity index (χ1v) is 10.5. The van der Waals surface area contributed by atoms with Crippen molar-refractivity contribution in [3.63, 3.8) is 0 Å². The van der Waals surface area contributed by atoms with Gasteiger partial charge in [0, 0.05) is 11.6 Å². The average Bonchev–Trinajstić information content (AvgIpc) is 2.65. The van der Waals surface area contributed by atoms with E-state index in [1.54, 1.807) is 6.07 Å². The molecule has 0 bridgehead atoms. The first kappa shape index (κ1) is 19.4. The third-order valence-electron chi connectivity index (χ3n) is 4.95. The van der Waals surface area contributed by atoms with Crippen LogP contribution in [0.4, 0.5) is 10.1 Å². The fraction of sp³-hybridized carbons (Fsp3) is 0.350. The zero-order chi connectivity index (χ0) is 19.4. The van der Waals surface area contributed by atoms with Gasteiger partial charge in [-0.15, -0.1) is 0 Å². The summed E-state index contributed by atoms with van der Waals surface area (Å²) in [5.74, 6) is -0.560. The van der Waals surface area contributed by atoms with Gasteiger partial charge in [0.15, 0.2) is 0 Å². The van der Waals surface area contributed by atoms with Gasteiger partial charge in [-0.1, -0.05) is 38.0 Å². The summed E-state index contributed by atoms with van der Waals surface area (Å²) >= 11 is 0. The smallest absolute Gasteiger partial charge is 0.262 e. The fourth-order valence-electron chi connectivity index (χ4n) is 3.33. The average molecular weight is 390 g/mol. The summed E-state index contributed by atoms with van der Waals surface area (Å²) < 4.78 is 41.1. The Balaban J connectivity index is 1.78. The molecule has 27 heavy (non-hydrogen) atoms. The van der Waals surface area contributed by atoms with Gasteiger partial charge in [0.2, 0.25) is 0 Å². The molecule has 5 nitrogen and oxygen atoms in total. The lowest BCUT2D eigenvalue weighted by Crippen LogP contribution is -2.41. The molecule has 1 aliphatic carbocycles. The molecule has 2 N–H and O–H groups in total. The van der Waals surface area contributed by atoms with Crippen molar-refractivity contribution in [1.29, 1.82) is 0 Å². The van der Waals surface area contributed by atoms with Crippen LogP contribution in [0, 0.1) is 11.7 Å². The molecular weight excluding hydrogens is 367 g/mol. The van der Waals surface area contributed by atoms with Crippen molar-refractivity contribution < 1.29 is 17.6 Å². The minimum atomic E-state index is -4.01. The highest BCUT2D eigenvalue weighted by Crippen LogP contribution is 2.24. The van der Waals surface area contributed by atoms with E-state index in [-0.39, 0.29) is 28.1 Å². The molecule has 1 amide bonds. The number of carbonyl (C=O) groups excluding carboxylic acids is 1. The summed E-state index contributed by atoms with van der Waals surface area (Å²) in [5.41, 5.74) is 0.132. The van der Waals surface area contributed by atoms with E-state index in [1.165, 1.54) is 48.9 Å². The third-order valence-corrected chi connectivity index (χ3v) is 6.32. The van der Waals surface area contributed by atoms with E-state index in [2.05, 4.69) is 17.0 Å². The number of sulfonamides is 1. The first-order chi connectivity index (χ1) is 12.9. The molecule has 2 atom stereocenters. The summed E-state index contributed by atoms with van der Waals surface area (Å²) in [6.45, 7) is 2.11. The van der Waals surface area contributed by atoms with Gasteiger partial charge in [0.25, 0.3) is 15.9 Å². The van der Waals surface area contributed by atoms with Gasteiger partial charge >= 0.3 is 0 Å². The number of halogens is 1. The van der Waals surface area contributed by atoms with E-state index < -0.39 is 15.8 Å². The lowest BCUT2D eigenvalue weighted by Gasteiger charge is -2.29. The number of amides is 1. The van der Waals surface area contributed by atoms with Crippen LogP contribution in [0.3, 0.4) is 0 Å². The largest absolute Gasteiger partial charge is 0.349 e. The zero-order valence-corrected chi connectivity index (χ0v) is 15.9. The van der Waals surface area contributed by atoms with Crippen molar-refractivity contribution in [3.05, 3.63) is 59.9 Å². The maximum absolute atomic E-state index is 13.7. The van der Waals surface area contributed by atoms with E-state index in [9.17, 15) is 17.6 Å². The van der Waals surface area contributed by atoms with Crippen molar-refractivity contribution in [2.45, 2.75) is 43.5 Å². The van der Waals surface area contributed by atoms with Gasteiger partial charge in [-0.2, -0.15) is 0 Å². The molecule has 1 fully saturated rings. The van der Waals surface area contributed by atoms with Gasteiger partial charge in [0.1, 0.15) is 5.82 Å². The van der Waals surface area contributed by atoms with Crippen LogP contribution < -0.4 is 10.0 Å². The highest BCUT2D eigenvalue weighted by Gasteiger charge is 2.24. The number of carbonyl (C=O) groups is 1. The molecule has 2 aromatic rings. The summed E-state index contributed by atoms with van der Waals surface area (Å²) in [5, 5.41) is 3.01. The van der Waals surface area contributed by atoms with Crippen molar-refractivity contribution in [2.24, 2.45) is 5.92 Å². The SMILES string of the molecule is C[C@@H]1CCCC[C@H]1NC(=O)c1cccc(S(=O)(=O)Nc2ccccc2F)c1. The quantitative estimate of drug-likeness (QED) is 0.812. The normalized spacial score (nSPS) is 20.1. The molecule has 2 aromatic carbocycles. The maximum Gasteiger partial charge on any atom is 0.262 e. The van der Waals surface area contributed by atoms with Crippen molar-refractivity contribution in [2.75, 3.05) is 4.72 Å². The third kappa shape index (κ3) is 4.66. The Morgan fingerprint density at radius 3 is 2.56 bits per heavy atom. The second kappa shape index (κ2) is 8.08. The molecular formula is C20H23FN2O3S. The molecule has 3 rings (SSSR count). The van der Waals surface area contributed by atoms with Crippen LogP contribution in [0.25, 0.3) is 0 Å². The molecule has 0 saturated heterocycles. The first-order valence-electron chi connectivity index (χ1n) is 9.05. The van der Waals surface area contributed by atoms with Crippen LogP contribution in [0.15, 0.2) is 53.4 Å². The van der Waals surface area contributed by atoms with Gasteiger partial charge in [-0.25, -0.2) is 12.8 Å². The molecule has 144 valence electrons. The van der Waals surface area contributed by atoms with Crippen LogP contribution in [0.2, 0.25) is 0 Å². The molecule has 1 saturated carbocycles. The molecule has 1 aliphatic rings. The van der Waals surface area contributed by atoms with Crippen LogP contribution in [0.5, 0.6) is 0 Å². The van der Waals surface area contributed by atoms with E-state index >= 15 is 0 Å². The Morgan fingerprint density at radius 2 is 1.81 bits per heavy atom. The number of rotatable bonds is 5. The van der Waals surface area contributed by atoms with Crippen molar-refractivity contribution in [3.8, 4) is 0 Å². The van der Waals surface area contributed by atoms with Crippen LogP contribution in [0.1, 0.15) is 43.0 Å². The summed E-state index contributed by atoms with van der Waals surface area (Å²) in [6, 6.07) is 11.4. The zero-order valence-electron chi connectivity index (χ0n) is 15.1. The molecule has 0 radical (unpaired) electrons. The molecule has 0 aliphatic heterocycles. The maximum atomic E-state index is 13.7. The number of anilines is 1. The summed E-state index contributed by atoms with van der Waals surface area (Å²) in [6.07, 6.45) is 4.25. The van der Waals surface area contributed by atoms with E-state index in [4.69, 9.17) is 0 Å². The minimum absolute atomic E-state index is 0.0879. The van der Waals surface area contributed by atoms with Crippen molar-refractivity contribution in [1.82, 2.24) is 5.32 Å². The second-order valence-corrected chi connectivity index (χ2v) is 8.64. The van der Waals surface area contributed by atoms with Gasteiger partial charge in [-0.05, 0) is 49.1 Å². The van der Waals surface area contributed by atoms with Gasteiger partial charge < -0.3 is 5.32 Å². The minimum Gasteiger partial charge on any atom is -0.349 e. The van der Waals surface area contributed by atoms with E-state index in [0.717, 1.165) is 19.3 Å². The number of hydrogen-bond acceptors (Lipinski definition) is 3. The Hall–Kier alpha value is -2.41. The number of hydrogen-bond donors (Lipinski definition) is 2. The molecule has 0 unspecified atom stereocenters. The predicted molar refractivity (Wildman–Crippen MR) is 103 cm³/mol. The van der Waals surface area contributed by atoms with Crippen LogP contribution >= 0.6 is 0 Å². The summed E-state index contributed by atoms with van der Waals surface area (Å²) in [7, 11) is -4.01. The lowest BCUT2D eigenvalue weighted by molar-refractivity contribution is 0.0910. The highest BCUT2D eigenvalue weighted by molar-refractivity contribution is 7.92.